The van der Waals surface area contributed by atoms with Crippen LogP contribution >= 0.6 is 12.4 Å². The van der Waals surface area contributed by atoms with Crippen LogP contribution in [-0.2, 0) is 4.79 Å². The largest absolute Gasteiger partial charge is 0.494 e. The number of rotatable bonds is 6. The van der Waals surface area contributed by atoms with Crippen molar-refractivity contribution in [1.29, 1.82) is 0 Å². The van der Waals surface area contributed by atoms with Gasteiger partial charge in [-0.2, -0.15) is 0 Å². The van der Waals surface area contributed by atoms with Gasteiger partial charge in [-0.1, -0.05) is 0 Å². The second kappa shape index (κ2) is 8.07. The number of hydrogen-bond donors (Lipinski definition) is 1. The number of nitrogens with zero attached hydrogens (tertiary/aromatic N) is 1. The number of benzene rings is 1. The predicted molar refractivity (Wildman–Crippen MR) is 79.7 cm³/mol. The molecule has 0 radical (unpaired) electrons. The molecule has 0 fully saturated rings. The van der Waals surface area contributed by atoms with Crippen molar-refractivity contribution >= 4 is 18.3 Å². The highest BCUT2D eigenvalue weighted by atomic mass is 35.5. The van der Waals surface area contributed by atoms with Crippen molar-refractivity contribution < 1.29 is 13.9 Å². The first-order chi connectivity index (χ1) is 8.80. The molecule has 0 spiro atoms. The number of nitrogens with two attached hydrogens (primary N) is 1. The Balaban J connectivity index is 0.00000361. The molecular weight excluding hydrogens is 283 g/mol. The highest BCUT2D eigenvalue weighted by Gasteiger charge is 2.24. The van der Waals surface area contributed by atoms with Crippen LogP contribution in [0.3, 0.4) is 0 Å². The number of amides is 1. The highest BCUT2D eigenvalue weighted by Crippen LogP contribution is 2.11. The maximum Gasteiger partial charge on any atom is 0.241 e. The Morgan fingerprint density at radius 3 is 2.40 bits per heavy atom. The fraction of sp³-hybridized carbons (Fsp3) is 0.500. The molecule has 1 aromatic carbocycles. The summed E-state index contributed by atoms with van der Waals surface area (Å²) in [6.45, 7) is 4.40. The Morgan fingerprint density at radius 1 is 1.35 bits per heavy atom. The summed E-state index contributed by atoms with van der Waals surface area (Å²) in [7, 11) is 1.72. The lowest BCUT2D eigenvalue weighted by Crippen LogP contribution is -2.50. The van der Waals surface area contributed by atoms with Crippen molar-refractivity contribution in [2.45, 2.75) is 25.8 Å². The molecule has 0 saturated carbocycles. The van der Waals surface area contributed by atoms with Gasteiger partial charge in [0.05, 0.1) is 12.1 Å². The van der Waals surface area contributed by atoms with Crippen LogP contribution in [0, 0.1) is 5.82 Å². The van der Waals surface area contributed by atoms with E-state index < -0.39 is 5.54 Å². The summed E-state index contributed by atoms with van der Waals surface area (Å²) in [5, 5.41) is 0. The fourth-order valence-corrected chi connectivity index (χ4v) is 1.62. The van der Waals surface area contributed by atoms with E-state index in [9.17, 15) is 9.18 Å². The summed E-state index contributed by atoms with van der Waals surface area (Å²) < 4.78 is 18.1. The topological polar surface area (TPSA) is 55.6 Å². The lowest BCUT2D eigenvalue weighted by Gasteiger charge is -2.25. The summed E-state index contributed by atoms with van der Waals surface area (Å²) in [6, 6.07) is 5.85. The number of halogens is 2. The van der Waals surface area contributed by atoms with Crippen molar-refractivity contribution in [2.24, 2.45) is 5.73 Å². The lowest BCUT2D eigenvalue weighted by atomic mass is 10.1. The average Bonchev–Trinajstić information content (AvgIpc) is 2.34. The minimum atomic E-state index is -0.855. The molecule has 0 aromatic heterocycles. The summed E-state index contributed by atoms with van der Waals surface area (Å²) in [6.07, 6.45) is 0.690. The molecular formula is C14H22ClFN2O2. The van der Waals surface area contributed by atoms with E-state index in [0.29, 0.717) is 25.3 Å². The Kier molecular flexibility index (Phi) is 7.53. The monoisotopic (exact) mass is 304 g/mol. The quantitative estimate of drug-likeness (QED) is 0.820. The minimum Gasteiger partial charge on any atom is -0.494 e. The number of likely N-dealkylation sites (N-methyl/N-ethyl adjacent to an activating group) is 1. The zero-order valence-corrected chi connectivity index (χ0v) is 12.9. The molecule has 114 valence electrons. The van der Waals surface area contributed by atoms with E-state index in [0.717, 1.165) is 0 Å². The molecule has 1 rings (SSSR count). The highest BCUT2D eigenvalue weighted by molar-refractivity contribution is 5.85. The summed E-state index contributed by atoms with van der Waals surface area (Å²) in [5.74, 6) is 0.228. The third kappa shape index (κ3) is 6.21. The van der Waals surface area contributed by atoms with E-state index in [1.807, 2.05) is 0 Å². The smallest absolute Gasteiger partial charge is 0.241 e. The maximum absolute atomic E-state index is 12.7. The third-order valence-corrected chi connectivity index (χ3v) is 2.62. The van der Waals surface area contributed by atoms with Crippen molar-refractivity contribution in [3.05, 3.63) is 30.1 Å². The van der Waals surface area contributed by atoms with E-state index in [-0.39, 0.29) is 24.1 Å². The molecule has 0 unspecified atom stereocenters. The van der Waals surface area contributed by atoms with Crippen LogP contribution in [0.1, 0.15) is 20.3 Å². The van der Waals surface area contributed by atoms with Gasteiger partial charge in [-0.05, 0) is 44.5 Å². The van der Waals surface area contributed by atoms with Crippen LogP contribution in [0.25, 0.3) is 0 Å². The summed E-state index contributed by atoms with van der Waals surface area (Å²) in [5.41, 5.74) is 4.88. The van der Waals surface area contributed by atoms with Crippen molar-refractivity contribution in [3.63, 3.8) is 0 Å². The summed E-state index contributed by atoms with van der Waals surface area (Å²) in [4.78, 5) is 13.4. The van der Waals surface area contributed by atoms with Gasteiger partial charge in [-0.15, -0.1) is 12.4 Å². The van der Waals surface area contributed by atoms with Gasteiger partial charge in [0.2, 0.25) is 5.91 Å². The van der Waals surface area contributed by atoms with Gasteiger partial charge in [0.15, 0.2) is 0 Å². The zero-order valence-electron chi connectivity index (χ0n) is 12.1. The SMILES string of the molecule is CN(CCCOc1ccc(F)cc1)C(=O)C(C)(C)N.Cl. The Hall–Kier alpha value is -1.33. The number of hydrogen-bond acceptors (Lipinski definition) is 3. The first-order valence-electron chi connectivity index (χ1n) is 6.23. The van der Waals surface area contributed by atoms with E-state index in [4.69, 9.17) is 10.5 Å². The summed E-state index contributed by atoms with van der Waals surface area (Å²) >= 11 is 0. The molecule has 1 aromatic rings. The molecule has 4 nitrogen and oxygen atoms in total. The zero-order chi connectivity index (χ0) is 14.5. The lowest BCUT2D eigenvalue weighted by molar-refractivity contribution is -0.134. The standard InChI is InChI=1S/C14H21FN2O2.ClH/c1-14(2,16)13(18)17(3)9-4-10-19-12-7-5-11(15)6-8-12;/h5-8H,4,9-10,16H2,1-3H3;1H. The average molecular weight is 305 g/mol. The molecule has 0 aliphatic heterocycles. The van der Waals surface area contributed by atoms with E-state index >= 15 is 0 Å². The normalized spacial score (nSPS) is 10.7. The van der Waals surface area contributed by atoms with Gasteiger partial charge in [0, 0.05) is 13.6 Å². The van der Waals surface area contributed by atoms with Gasteiger partial charge < -0.3 is 15.4 Å². The van der Waals surface area contributed by atoms with E-state index in [1.54, 1.807) is 37.9 Å². The molecule has 0 bridgehead atoms. The van der Waals surface area contributed by atoms with Crippen molar-refractivity contribution in [1.82, 2.24) is 4.90 Å². The Labute approximate surface area is 125 Å². The molecule has 0 aliphatic rings. The molecule has 1 amide bonds. The van der Waals surface area contributed by atoms with Crippen LogP contribution in [0.5, 0.6) is 5.75 Å². The van der Waals surface area contributed by atoms with Crippen molar-refractivity contribution in [3.8, 4) is 5.75 Å². The second-order valence-corrected chi connectivity index (χ2v) is 5.10. The number of carbonyl (C=O) groups excluding carboxylic acids is 1. The van der Waals surface area contributed by atoms with Crippen LogP contribution in [0.2, 0.25) is 0 Å². The van der Waals surface area contributed by atoms with E-state index in [2.05, 4.69) is 0 Å². The van der Waals surface area contributed by atoms with E-state index in [1.165, 1.54) is 12.1 Å². The van der Waals surface area contributed by atoms with Crippen LogP contribution in [-0.4, -0.2) is 36.5 Å². The first-order valence-corrected chi connectivity index (χ1v) is 6.23. The number of carbonyl (C=O) groups is 1. The minimum absolute atomic E-state index is 0. The molecule has 2 N–H and O–H groups in total. The van der Waals surface area contributed by atoms with Crippen LogP contribution < -0.4 is 10.5 Å². The van der Waals surface area contributed by atoms with Crippen molar-refractivity contribution in [2.75, 3.05) is 20.2 Å². The molecule has 0 heterocycles. The fourth-order valence-electron chi connectivity index (χ4n) is 1.62. The van der Waals surface area contributed by atoms with Gasteiger partial charge in [-0.25, -0.2) is 4.39 Å². The molecule has 20 heavy (non-hydrogen) atoms. The number of ether oxygens (including phenoxy) is 1. The maximum atomic E-state index is 12.7. The molecule has 0 atom stereocenters. The Bertz CT molecular complexity index is 418. The first kappa shape index (κ1) is 18.7. The van der Waals surface area contributed by atoms with Gasteiger partial charge >= 0.3 is 0 Å². The second-order valence-electron chi connectivity index (χ2n) is 5.10. The Morgan fingerprint density at radius 2 is 1.90 bits per heavy atom. The predicted octanol–water partition coefficient (Wildman–Crippen LogP) is 2.21. The van der Waals surface area contributed by atoms with Gasteiger partial charge in [0.1, 0.15) is 11.6 Å². The molecule has 0 saturated heterocycles. The molecule has 0 aliphatic carbocycles. The molecule has 6 heteroatoms. The van der Waals surface area contributed by atoms with Gasteiger partial charge in [0.25, 0.3) is 0 Å². The third-order valence-electron chi connectivity index (χ3n) is 2.62. The van der Waals surface area contributed by atoms with Gasteiger partial charge in [-0.3, -0.25) is 4.79 Å². The van der Waals surface area contributed by atoms with Crippen LogP contribution in [0.4, 0.5) is 4.39 Å². The van der Waals surface area contributed by atoms with Crippen LogP contribution in [0.15, 0.2) is 24.3 Å².